The van der Waals surface area contributed by atoms with Crippen molar-refractivity contribution in [3.05, 3.63) is 0 Å². The van der Waals surface area contributed by atoms with Gasteiger partial charge in [-0.05, 0) is 6.42 Å². The van der Waals surface area contributed by atoms with Crippen LogP contribution in [0.2, 0.25) is 0 Å². The van der Waals surface area contributed by atoms with Gasteiger partial charge in [-0.1, -0.05) is 13.3 Å². The quantitative estimate of drug-likeness (QED) is 0.700. The largest absolute Gasteiger partial charge is 0.339 e. The summed E-state index contributed by atoms with van der Waals surface area (Å²) in [6.07, 6.45) is 2.13. The van der Waals surface area contributed by atoms with E-state index in [1.807, 2.05) is 4.90 Å². The molecular formula is C11H19N3O2. The Morgan fingerprint density at radius 3 is 2.94 bits per heavy atom. The summed E-state index contributed by atoms with van der Waals surface area (Å²) in [6.45, 7) is 5.09. The third-order valence-electron chi connectivity index (χ3n) is 3.29. The monoisotopic (exact) mass is 225 g/mol. The zero-order chi connectivity index (χ0) is 11.5. The topological polar surface area (TPSA) is 52.7 Å². The molecule has 2 fully saturated rings. The fourth-order valence-corrected chi connectivity index (χ4v) is 2.31. The molecule has 5 heteroatoms. The van der Waals surface area contributed by atoms with Crippen molar-refractivity contribution >= 4 is 11.8 Å². The number of rotatable bonds is 3. The van der Waals surface area contributed by atoms with Crippen LogP contribution in [0.3, 0.4) is 0 Å². The van der Waals surface area contributed by atoms with Crippen molar-refractivity contribution in [2.24, 2.45) is 0 Å². The number of nitrogens with zero attached hydrogens (tertiary/aromatic N) is 2. The first-order valence-electron chi connectivity index (χ1n) is 6.00. The minimum atomic E-state index is 0.0553. The van der Waals surface area contributed by atoms with Crippen LogP contribution in [0.15, 0.2) is 0 Å². The summed E-state index contributed by atoms with van der Waals surface area (Å²) in [6, 6.07) is 0.177. The Bertz CT molecular complexity index is 293. The molecule has 0 bridgehead atoms. The molecule has 2 aliphatic rings. The first kappa shape index (κ1) is 11.4. The standard InChI is InChI=1S/C11H19N3O2/c1-2-3-4-13-7-9-5-12-6-10(15)14(9)8-11(13)16/h9,12H,2-8H2,1H3. The predicted molar refractivity (Wildman–Crippen MR) is 59.9 cm³/mol. The van der Waals surface area contributed by atoms with Gasteiger partial charge in [-0.15, -0.1) is 0 Å². The predicted octanol–water partition coefficient (Wildman–Crippen LogP) is -0.571. The molecule has 2 saturated heterocycles. The molecule has 1 N–H and O–H groups in total. The lowest BCUT2D eigenvalue weighted by molar-refractivity contribution is -0.150. The summed E-state index contributed by atoms with van der Waals surface area (Å²) in [5.74, 6) is 0.152. The van der Waals surface area contributed by atoms with Crippen LogP contribution in [0.5, 0.6) is 0 Å². The first-order chi connectivity index (χ1) is 7.72. The van der Waals surface area contributed by atoms with E-state index in [0.717, 1.165) is 25.9 Å². The summed E-state index contributed by atoms with van der Waals surface area (Å²) in [4.78, 5) is 27.0. The second-order valence-electron chi connectivity index (χ2n) is 4.50. The Hall–Kier alpha value is -1.10. The molecule has 2 amide bonds. The van der Waals surface area contributed by atoms with E-state index in [0.29, 0.717) is 13.1 Å². The van der Waals surface area contributed by atoms with E-state index in [1.165, 1.54) is 0 Å². The number of carbonyl (C=O) groups is 2. The number of piperazine rings is 2. The number of unbranched alkanes of at least 4 members (excludes halogenated alkanes) is 1. The number of fused-ring (bicyclic) bond motifs is 1. The Morgan fingerprint density at radius 2 is 2.19 bits per heavy atom. The van der Waals surface area contributed by atoms with Crippen molar-refractivity contribution in [2.45, 2.75) is 25.8 Å². The smallest absolute Gasteiger partial charge is 0.242 e. The van der Waals surface area contributed by atoms with Crippen molar-refractivity contribution in [2.75, 3.05) is 32.7 Å². The summed E-state index contributed by atoms with van der Waals surface area (Å²) < 4.78 is 0. The third-order valence-corrected chi connectivity index (χ3v) is 3.29. The van der Waals surface area contributed by atoms with E-state index in [4.69, 9.17) is 0 Å². The van der Waals surface area contributed by atoms with Gasteiger partial charge in [-0.2, -0.15) is 0 Å². The van der Waals surface area contributed by atoms with Gasteiger partial charge in [0.2, 0.25) is 11.8 Å². The van der Waals surface area contributed by atoms with E-state index >= 15 is 0 Å². The second-order valence-corrected chi connectivity index (χ2v) is 4.50. The molecule has 0 aromatic heterocycles. The van der Waals surface area contributed by atoms with E-state index in [2.05, 4.69) is 12.2 Å². The number of hydrogen-bond acceptors (Lipinski definition) is 3. The Kier molecular flexibility index (Phi) is 3.43. The second kappa shape index (κ2) is 4.82. The fraction of sp³-hybridized carbons (Fsp3) is 0.818. The number of nitrogens with one attached hydrogen (secondary N) is 1. The molecule has 5 nitrogen and oxygen atoms in total. The normalized spacial score (nSPS) is 25.9. The van der Waals surface area contributed by atoms with Gasteiger partial charge < -0.3 is 15.1 Å². The molecule has 0 aromatic rings. The highest BCUT2D eigenvalue weighted by Gasteiger charge is 2.36. The lowest BCUT2D eigenvalue weighted by atomic mass is 10.1. The van der Waals surface area contributed by atoms with Crippen LogP contribution in [0.4, 0.5) is 0 Å². The van der Waals surface area contributed by atoms with Crippen molar-refractivity contribution < 1.29 is 9.59 Å². The first-order valence-corrected chi connectivity index (χ1v) is 6.00. The molecule has 0 aromatic carbocycles. The van der Waals surface area contributed by atoms with Gasteiger partial charge in [-0.25, -0.2) is 0 Å². The number of carbonyl (C=O) groups excluding carboxylic acids is 2. The molecule has 2 aliphatic heterocycles. The summed E-state index contributed by atoms with van der Waals surface area (Å²) in [5.41, 5.74) is 0. The highest BCUT2D eigenvalue weighted by molar-refractivity contribution is 5.87. The van der Waals surface area contributed by atoms with Crippen LogP contribution in [-0.4, -0.2) is 60.4 Å². The van der Waals surface area contributed by atoms with Crippen LogP contribution in [0.25, 0.3) is 0 Å². The maximum atomic E-state index is 11.8. The van der Waals surface area contributed by atoms with Gasteiger partial charge >= 0.3 is 0 Å². The highest BCUT2D eigenvalue weighted by Crippen LogP contribution is 2.13. The van der Waals surface area contributed by atoms with Gasteiger partial charge in [0.05, 0.1) is 12.6 Å². The van der Waals surface area contributed by atoms with Gasteiger partial charge in [0.1, 0.15) is 6.54 Å². The van der Waals surface area contributed by atoms with Gasteiger partial charge in [-0.3, -0.25) is 9.59 Å². The summed E-state index contributed by atoms with van der Waals surface area (Å²) >= 11 is 0. The van der Waals surface area contributed by atoms with E-state index in [1.54, 1.807) is 4.90 Å². The van der Waals surface area contributed by atoms with E-state index in [-0.39, 0.29) is 24.4 Å². The van der Waals surface area contributed by atoms with E-state index < -0.39 is 0 Å². The molecule has 0 saturated carbocycles. The van der Waals surface area contributed by atoms with Crippen LogP contribution < -0.4 is 5.32 Å². The van der Waals surface area contributed by atoms with Crippen molar-refractivity contribution in [3.63, 3.8) is 0 Å². The molecule has 1 atom stereocenters. The van der Waals surface area contributed by atoms with Gasteiger partial charge in [0, 0.05) is 19.6 Å². The fourth-order valence-electron chi connectivity index (χ4n) is 2.31. The molecule has 0 aliphatic carbocycles. The van der Waals surface area contributed by atoms with E-state index in [9.17, 15) is 9.59 Å². The van der Waals surface area contributed by atoms with Crippen molar-refractivity contribution in [3.8, 4) is 0 Å². The number of hydrogen-bond donors (Lipinski definition) is 1. The zero-order valence-electron chi connectivity index (χ0n) is 9.74. The molecule has 0 radical (unpaired) electrons. The minimum absolute atomic E-state index is 0.0553. The SMILES string of the molecule is CCCCN1CC2CNCC(=O)N2CC1=O. The Morgan fingerprint density at radius 1 is 1.38 bits per heavy atom. The highest BCUT2D eigenvalue weighted by atomic mass is 16.2. The van der Waals surface area contributed by atoms with Crippen LogP contribution in [-0.2, 0) is 9.59 Å². The average Bonchev–Trinajstić information content (AvgIpc) is 2.28. The Balaban J connectivity index is 1.97. The molecule has 90 valence electrons. The van der Waals surface area contributed by atoms with Crippen LogP contribution in [0, 0.1) is 0 Å². The summed E-state index contributed by atoms with van der Waals surface area (Å²) in [5, 5.41) is 3.10. The van der Waals surface area contributed by atoms with Crippen LogP contribution in [0.1, 0.15) is 19.8 Å². The lowest BCUT2D eigenvalue weighted by Crippen LogP contribution is -2.65. The number of amides is 2. The molecule has 16 heavy (non-hydrogen) atoms. The molecule has 0 spiro atoms. The maximum Gasteiger partial charge on any atom is 0.242 e. The lowest BCUT2D eigenvalue weighted by Gasteiger charge is -2.43. The zero-order valence-corrected chi connectivity index (χ0v) is 9.74. The minimum Gasteiger partial charge on any atom is -0.339 e. The van der Waals surface area contributed by atoms with Crippen molar-refractivity contribution in [1.29, 1.82) is 0 Å². The summed E-state index contributed by atoms with van der Waals surface area (Å²) in [7, 11) is 0. The average molecular weight is 225 g/mol. The molecule has 2 heterocycles. The van der Waals surface area contributed by atoms with Gasteiger partial charge in [0.25, 0.3) is 0 Å². The molecule has 2 rings (SSSR count). The molecule has 1 unspecified atom stereocenters. The molecular weight excluding hydrogens is 206 g/mol. The van der Waals surface area contributed by atoms with Gasteiger partial charge in [0.15, 0.2) is 0 Å². The third kappa shape index (κ3) is 2.19. The van der Waals surface area contributed by atoms with Crippen molar-refractivity contribution in [1.82, 2.24) is 15.1 Å². The Labute approximate surface area is 95.8 Å². The van der Waals surface area contributed by atoms with Crippen LogP contribution >= 0.6 is 0 Å². The maximum absolute atomic E-state index is 11.8.